The first-order valence-electron chi connectivity index (χ1n) is 8.99. The standard InChI is InChI=1S/C20H20N6S2/c1-2-13-7-3-5-9-15(13)22-19-25-17(24-18(21)26-19)12-28-20-23-16-10-6-4-8-14(16)11-27-20/h3-10H,2,11-12H2,1H3,(H3,21,22,24,25,26). The summed E-state index contributed by atoms with van der Waals surface area (Å²) in [5.74, 6) is 2.83. The number of rotatable bonds is 5. The lowest BCUT2D eigenvalue weighted by molar-refractivity contribution is 0.982. The SMILES string of the molecule is CCc1ccccc1Nc1nc(N)nc(CSC2=Nc3ccccc3CS2)n1. The summed E-state index contributed by atoms with van der Waals surface area (Å²) in [4.78, 5) is 17.8. The van der Waals surface area contributed by atoms with Crippen molar-refractivity contribution in [2.75, 3.05) is 11.1 Å². The van der Waals surface area contributed by atoms with Crippen molar-refractivity contribution in [1.82, 2.24) is 15.0 Å². The van der Waals surface area contributed by atoms with E-state index in [0.29, 0.717) is 17.5 Å². The van der Waals surface area contributed by atoms with Crippen LogP contribution in [0.25, 0.3) is 0 Å². The van der Waals surface area contributed by atoms with Crippen LogP contribution in [0.2, 0.25) is 0 Å². The lowest BCUT2D eigenvalue weighted by atomic mass is 10.1. The van der Waals surface area contributed by atoms with Crippen molar-refractivity contribution in [2.45, 2.75) is 24.9 Å². The van der Waals surface area contributed by atoms with Crippen LogP contribution in [0.1, 0.15) is 23.9 Å². The summed E-state index contributed by atoms with van der Waals surface area (Å²) >= 11 is 3.36. The van der Waals surface area contributed by atoms with E-state index in [1.807, 2.05) is 36.4 Å². The summed E-state index contributed by atoms with van der Waals surface area (Å²) in [6, 6.07) is 16.3. The van der Waals surface area contributed by atoms with Gasteiger partial charge in [-0.1, -0.05) is 66.8 Å². The monoisotopic (exact) mass is 408 g/mol. The molecule has 0 bridgehead atoms. The molecule has 0 fully saturated rings. The fourth-order valence-corrected chi connectivity index (χ4v) is 4.76. The molecule has 1 aromatic heterocycles. The Morgan fingerprint density at radius 3 is 2.79 bits per heavy atom. The second-order valence-electron chi connectivity index (χ2n) is 6.15. The van der Waals surface area contributed by atoms with E-state index in [0.717, 1.165) is 27.9 Å². The number of nitrogens with one attached hydrogen (secondary N) is 1. The number of aromatic nitrogens is 3. The van der Waals surface area contributed by atoms with Crippen LogP contribution in [0.4, 0.5) is 23.3 Å². The molecule has 2 aromatic carbocycles. The molecule has 28 heavy (non-hydrogen) atoms. The molecule has 1 aliphatic rings. The molecule has 0 saturated carbocycles. The zero-order chi connectivity index (χ0) is 19.3. The zero-order valence-corrected chi connectivity index (χ0v) is 17.1. The third kappa shape index (κ3) is 4.45. The largest absolute Gasteiger partial charge is 0.368 e. The van der Waals surface area contributed by atoms with Crippen molar-refractivity contribution in [3.63, 3.8) is 0 Å². The predicted octanol–water partition coefficient (Wildman–Crippen LogP) is 4.93. The Morgan fingerprint density at radius 2 is 1.89 bits per heavy atom. The van der Waals surface area contributed by atoms with Gasteiger partial charge in [-0.25, -0.2) is 4.99 Å². The summed E-state index contributed by atoms with van der Waals surface area (Å²) < 4.78 is 1.02. The molecule has 142 valence electrons. The Hall–Kier alpha value is -2.58. The second kappa shape index (κ2) is 8.62. The molecule has 4 rings (SSSR count). The Kier molecular flexibility index (Phi) is 5.78. The van der Waals surface area contributed by atoms with Crippen LogP contribution in [0.5, 0.6) is 0 Å². The molecule has 8 heteroatoms. The van der Waals surface area contributed by atoms with E-state index in [-0.39, 0.29) is 5.95 Å². The van der Waals surface area contributed by atoms with Crippen molar-refractivity contribution in [3.8, 4) is 0 Å². The van der Waals surface area contributed by atoms with Gasteiger partial charge in [0.1, 0.15) is 10.2 Å². The zero-order valence-electron chi connectivity index (χ0n) is 15.4. The summed E-state index contributed by atoms with van der Waals surface area (Å²) in [5, 5.41) is 3.27. The fraction of sp³-hybridized carbons (Fsp3) is 0.200. The van der Waals surface area contributed by atoms with Gasteiger partial charge in [0.05, 0.1) is 11.4 Å². The highest BCUT2D eigenvalue weighted by Gasteiger charge is 2.14. The normalized spacial score (nSPS) is 13.0. The molecular formula is C20H20N6S2. The number of para-hydroxylation sites is 2. The highest BCUT2D eigenvalue weighted by Crippen LogP contribution is 2.35. The van der Waals surface area contributed by atoms with E-state index in [1.54, 1.807) is 23.5 Å². The summed E-state index contributed by atoms with van der Waals surface area (Å²) in [7, 11) is 0. The maximum Gasteiger partial charge on any atom is 0.232 e. The van der Waals surface area contributed by atoms with Crippen molar-refractivity contribution in [1.29, 1.82) is 0 Å². The third-order valence-corrected chi connectivity index (χ3v) is 6.46. The van der Waals surface area contributed by atoms with Gasteiger partial charge < -0.3 is 11.1 Å². The highest BCUT2D eigenvalue weighted by molar-refractivity contribution is 8.38. The van der Waals surface area contributed by atoms with Gasteiger partial charge in [0.15, 0.2) is 0 Å². The molecular weight excluding hydrogens is 388 g/mol. The predicted molar refractivity (Wildman–Crippen MR) is 119 cm³/mol. The van der Waals surface area contributed by atoms with Gasteiger partial charge in [-0.3, -0.25) is 0 Å². The molecule has 0 aliphatic carbocycles. The van der Waals surface area contributed by atoms with Crippen molar-refractivity contribution in [2.24, 2.45) is 4.99 Å². The van der Waals surface area contributed by atoms with Crippen LogP contribution in [-0.4, -0.2) is 19.3 Å². The van der Waals surface area contributed by atoms with Crippen LogP contribution in [0.3, 0.4) is 0 Å². The molecule has 0 atom stereocenters. The summed E-state index contributed by atoms with van der Waals surface area (Å²) in [6.45, 7) is 2.12. The first kappa shape index (κ1) is 18.8. The molecule has 0 radical (unpaired) electrons. The lowest BCUT2D eigenvalue weighted by Crippen LogP contribution is -2.08. The molecule has 0 unspecified atom stereocenters. The smallest absolute Gasteiger partial charge is 0.232 e. The summed E-state index contributed by atoms with van der Waals surface area (Å²) in [6.07, 6.45) is 0.922. The first-order chi connectivity index (χ1) is 13.7. The van der Waals surface area contributed by atoms with Gasteiger partial charge in [-0.15, -0.1) is 0 Å². The Bertz CT molecular complexity index is 1020. The van der Waals surface area contributed by atoms with Gasteiger partial charge in [-0.05, 0) is 29.7 Å². The topological polar surface area (TPSA) is 89.1 Å². The Balaban J connectivity index is 1.48. The first-order valence-corrected chi connectivity index (χ1v) is 11.0. The fourth-order valence-electron chi connectivity index (χ4n) is 2.84. The number of aliphatic imine (C=N–C) groups is 1. The van der Waals surface area contributed by atoms with Crippen LogP contribution in [-0.2, 0) is 17.9 Å². The van der Waals surface area contributed by atoms with Crippen LogP contribution in [0, 0.1) is 0 Å². The van der Waals surface area contributed by atoms with Crippen molar-refractivity contribution < 1.29 is 0 Å². The molecule has 0 spiro atoms. The number of nitrogens with two attached hydrogens (primary N) is 1. The van der Waals surface area contributed by atoms with E-state index >= 15 is 0 Å². The number of hydrogen-bond acceptors (Lipinski definition) is 8. The van der Waals surface area contributed by atoms with E-state index < -0.39 is 0 Å². The van der Waals surface area contributed by atoms with Crippen LogP contribution < -0.4 is 11.1 Å². The van der Waals surface area contributed by atoms with Gasteiger partial charge in [0.25, 0.3) is 0 Å². The minimum absolute atomic E-state index is 0.214. The van der Waals surface area contributed by atoms with Crippen molar-refractivity contribution in [3.05, 3.63) is 65.5 Å². The van der Waals surface area contributed by atoms with E-state index in [1.165, 1.54) is 11.1 Å². The molecule has 0 saturated heterocycles. The molecule has 3 aromatic rings. The van der Waals surface area contributed by atoms with Gasteiger partial charge in [0, 0.05) is 11.4 Å². The number of aryl methyl sites for hydroxylation is 1. The number of thioether (sulfide) groups is 2. The van der Waals surface area contributed by atoms with E-state index in [2.05, 4.69) is 39.3 Å². The Labute approximate surface area is 172 Å². The number of anilines is 3. The lowest BCUT2D eigenvalue weighted by Gasteiger charge is -2.14. The van der Waals surface area contributed by atoms with E-state index in [4.69, 9.17) is 10.7 Å². The molecule has 6 nitrogen and oxygen atoms in total. The maximum absolute atomic E-state index is 5.91. The third-order valence-electron chi connectivity index (χ3n) is 4.22. The molecule has 3 N–H and O–H groups in total. The Morgan fingerprint density at radius 1 is 1.07 bits per heavy atom. The van der Waals surface area contributed by atoms with Crippen molar-refractivity contribution >= 4 is 51.2 Å². The molecule has 1 aliphatic heterocycles. The highest BCUT2D eigenvalue weighted by atomic mass is 32.2. The van der Waals surface area contributed by atoms with Gasteiger partial charge in [0.2, 0.25) is 11.9 Å². The average molecular weight is 409 g/mol. The number of benzene rings is 2. The number of hydrogen-bond donors (Lipinski definition) is 2. The molecule has 0 amide bonds. The second-order valence-corrected chi connectivity index (χ2v) is 8.34. The van der Waals surface area contributed by atoms with Gasteiger partial charge in [-0.2, -0.15) is 15.0 Å². The number of fused-ring (bicyclic) bond motifs is 1. The number of nitrogens with zero attached hydrogens (tertiary/aromatic N) is 4. The molecule has 2 heterocycles. The maximum atomic E-state index is 5.91. The summed E-state index contributed by atoms with van der Waals surface area (Å²) in [5.41, 5.74) is 10.4. The van der Waals surface area contributed by atoms with Crippen LogP contribution >= 0.6 is 23.5 Å². The van der Waals surface area contributed by atoms with E-state index in [9.17, 15) is 0 Å². The minimum Gasteiger partial charge on any atom is -0.368 e. The van der Waals surface area contributed by atoms with Crippen LogP contribution in [0.15, 0.2) is 53.5 Å². The quantitative estimate of drug-likeness (QED) is 0.619. The minimum atomic E-state index is 0.214. The van der Waals surface area contributed by atoms with Gasteiger partial charge >= 0.3 is 0 Å². The average Bonchev–Trinajstić information content (AvgIpc) is 2.72. The number of nitrogen functional groups attached to an aromatic ring is 1.